The fourth-order valence-electron chi connectivity index (χ4n) is 2.74. The molecule has 1 aliphatic rings. The molecule has 0 aliphatic heterocycles. The zero-order valence-electron chi connectivity index (χ0n) is 9.86. The molecule has 0 spiro atoms. The predicted molar refractivity (Wildman–Crippen MR) is 68.3 cm³/mol. The van der Waals surface area contributed by atoms with Gasteiger partial charge in [-0.1, -0.05) is 28.8 Å². The Bertz CT molecular complexity index is 436. The smallest absolute Gasteiger partial charge is 0.330 e. The monoisotopic (exact) mass is 321 g/mol. The first-order chi connectivity index (χ1) is 8.39. The van der Waals surface area contributed by atoms with E-state index < -0.39 is 11.7 Å². The lowest BCUT2D eigenvalue weighted by molar-refractivity contribution is -0.137. The third-order valence-electron chi connectivity index (χ3n) is 3.82. The molecule has 100 valence electrons. The van der Waals surface area contributed by atoms with Crippen molar-refractivity contribution in [2.45, 2.75) is 37.3 Å². The van der Waals surface area contributed by atoms with Crippen LogP contribution in [0.1, 0.15) is 36.8 Å². The number of alkyl halides is 3. The molecule has 0 aromatic heterocycles. The van der Waals surface area contributed by atoms with Gasteiger partial charge in [0.1, 0.15) is 0 Å². The minimum Gasteiger partial charge on any atom is -0.330 e. The summed E-state index contributed by atoms with van der Waals surface area (Å²) >= 11 is 3.36. The van der Waals surface area contributed by atoms with Crippen molar-refractivity contribution in [3.05, 3.63) is 33.8 Å². The minimum atomic E-state index is -4.30. The van der Waals surface area contributed by atoms with Crippen molar-refractivity contribution in [2.75, 3.05) is 6.54 Å². The Morgan fingerprint density at radius 2 is 1.83 bits per heavy atom. The van der Waals surface area contributed by atoms with Gasteiger partial charge in [0, 0.05) is 16.4 Å². The first-order valence-electron chi connectivity index (χ1n) is 5.96. The zero-order valence-corrected chi connectivity index (χ0v) is 11.4. The van der Waals surface area contributed by atoms with Crippen molar-refractivity contribution in [1.29, 1.82) is 0 Å². The standard InChI is InChI=1S/C13H15BrF3N/c14-11-4-3-9(13(15,16)17)7-10(11)12(8-18)5-1-2-6-12/h3-4,7H,1-2,5-6,8,18H2. The van der Waals surface area contributed by atoms with E-state index in [0.717, 1.165) is 36.2 Å². The van der Waals surface area contributed by atoms with Crippen LogP contribution in [0.5, 0.6) is 0 Å². The molecule has 2 N–H and O–H groups in total. The normalized spacial score (nSPS) is 19.2. The van der Waals surface area contributed by atoms with Gasteiger partial charge in [0.2, 0.25) is 0 Å². The topological polar surface area (TPSA) is 26.0 Å². The van der Waals surface area contributed by atoms with E-state index in [1.807, 2.05) is 0 Å². The first kappa shape index (κ1) is 13.9. The van der Waals surface area contributed by atoms with Gasteiger partial charge >= 0.3 is 6.18 Å². The Balaban J connectivity index is 2.49. The lowest BCUT2D eigenvalue weighted by atomic mass is 9.78. The summed E-state index contributed by atoms with van der Waals surface area (Å²) in [5, 5.41) is 0. The predicted octanol–water partition coefficient (Wildman–Crippen LogP) is 4.24. The number of hydrogen-bond donors (Lipinski definition) is 1. The van der Waals surface area contributed by atoms with Crippen LogP contribution in [-0.2, 0) is 11.6 Å². The van der Waals surface area contributed by atoms with Crippen molar-refractivity contribution >= 4 is 15.9 Å². The van der Waals surface area contributed by atoms with Gasteiger partial charge in [-0.05, 0) is 36.6 Å². The molecule has 0 unspecified atom stereocenters. The third-order valence-corrected chi connectivity index (χ3v) is 4.51. The molecule has 18 heavy (non-hydrogen) atoms. The summed E-state index contributed by atoms with van der Waals surface area (Å²) in [4.78, 5) is 0. The maximum Gasteiger partial charge on any atom is 0.416 e. The van der Waals surface area contributed by atoms with Crippen LogP contribution in [0.2, 0.25) is 0 Å². The Kier molecular flexibility index (Phi) is 3.74. The molecule has 5 heteroatoms. The maximum absolute atomic E-state index is 12.8. The molecule has 1 aliphatic carbocycles. The van der Waals surface area contributed by atoms with Gasteiger partial charge in [-0.25, -0.2) is 0 Å². The van der Waals surface area contributed by atoms with Crippen LogP contribution >= 0.6 is 15.9 Å². The van der Waals surface area contributed by atoms with Crippen LogP contribution in [0.3, 0.4) is 0 Å². The van der Waals surface area contributed by atoms with Gasteiger partial charge in [0.15, 0.2) is 0 Å². The molecule has 0 amide bonds. The molecule has 1 aromatic carbocycles. The molecule has 1 nitrogen and oxygen atoms in total. The molecule has 2 rings (SSSR count). The molecular formula is C13H15BrF3N. The Hall–Kier alpha value is -0.550. The SMILES string of the molecule is NCC1(c2cc(C(F)(F)F)ccc2Br)CCCC1. The van der Waals surface area contributed by atoms with E-state index in [1.54, 1.807) is 0 Å². The summed E-state index contributed by atoms with van der Waals surface area (Å²) < 4.78 is 39.0. The lowest BCUT2D eigenvalue weighted by Gasteiger charge is -2.29. The van der Waals surface area contributed by atoms with E-state index in [0.29, 0.717) is 12.1 Å². The first-order valence-corrected chi connectivity index (χ1v) is 6.76. The van der Waals surface area contributed by atoms with Gasteiger partial charge in [-0.2, -0.15) is 13.2 Å². The molecular weight excluding hydrogens is 307 g/mol. The molecule has 1 fully saturated rings. The van der Waals surface area contributed by atoms with Crippen LogP contribution < -0.4 is 5.73 Å². The summed E-state index contributed by atoms with van der Waals surface area (Å²) in [5.41, 5.74) is 5.64. The van der Waals surface area contributed by atoms with Gasteiger partial charge < -0.3 is 5.73 Å². The van der Waals surface area contributed by atoms with E-state index in [-0.39, 0.29) is 5.41 Å². The second kappa shape index (κ2) is 4.85. The van der Waals surface area contributed by atoms with Crippen LogP contribution in [-0.4, -0.2) is 6.54 Å². The minimum absolute atomic E-state index is 0.292. The summed E-state index contributed by atoms with van der Waals surface area (Å²) in [5.74, 6) is 0. The molecule has 0 bridgehead atoms. The van der Waals surface area contributed by atoms with E-state index in [9.17, 15) is 13.2 Å². The number of benzene rings is 1. The van der Waals surface area contributed by atoms with E-state index in [1.165, 1.54) is 12.1 Å². The van der Waals surface area contributed by atoms with Crippen LogP contribution in [0, 0.1) is 0 Å². The molecule has 1 aromatic rings. The maximum atomic E-state index is 12.8. The quantitative estimate of drug-likeness (QED) is 0.866. The second-order valence-corrected chi connectivity index (χ2v) is 5.74. The number of nitrogens with two attached hydrogens (primary N) is 1. The zero-order chi connectivity index (χ0) is 13.4. The fourth-order valence-corrected chi connectivity index (χ4v) is 3.41. The van der Waals surface area contributed by atoms with Gasteiger partial charge in [0.05, 0.1) is 5.56 Å². The van der Waals surface area contributed by atoms with Crippen molar-refractivity contribution in [2.24, 2.45) is 5.73 Å². The lowest BCUT2D eigenvalue weighted by Crippen LogP contribution is -2.32. The average molecular weight is 322 g/mol. The molecule has 0 atom stereocenters. The highest BCUT2D eigenvalue weighted by molar-refractivity contribution is 9.10. The van der Waals surface area contributed by atoms with E-state index >= 15 is 0 Å². The van der Waals surface area contributed by atoms with Crippen molar-refractivity contribution in [3.63, 3.8) is 0 Å². The Morgan fingerprint density at radius 1 is 1.22 bits per heavy atom. The number of hydrogen-bond acceptors (Lipinski definition) is 1. The Labute approximate surface area is 113 Å². The molecule has 1 saturated carbocycles. The summed E-state index contributed by atoms with van der Waals surface area (Å²) in [7, 11) is 0. The highest BCUT2D eigenvalue weighted by Gasteiger charge is 2.38. The van der Waals surface area contributed by atoms with Crippen molar-refractivity contribution in [3.8, 4) is 0 Å². The van der Waals surface area contributed by atoms with E-state index in [4.69, 9.17) is 5.73 Å². The largest absolute Gasteiger partial charge is 0.416 e. The van der Waals surface area contributed by atoms with Gasteiger partial charge in [-0.3, -0.25) is 0 Å². The van der Waals surface area contributed by atoms with Crippen molar-refractivity contribution < 1.29 is 13.2 Å². The van der Waals surface area contributed by atoms with Crippen molar-refractivity contribution in [1.82, 2.24) is 0 Å². The van der Waals surface area contributed by atoms with Gasteiger partial charge in [-0.15, -0.1) is 0 Å². The van der Waals surface area contributed by atoms with Gasteiger partial charge in [0.25, 0.3) is 0 Å². The second-order valence-electron chi connectivity index (χ2n) is 4.88. The molecule has 0 radical (unpaired) electrons. The van der Waals surface area contributed by atoms with Crippen LogP contribution in [0.25, 0.3) is 0 Å². The average Bonchev–Trinajstić information content (AvgIpc) is 2.77. The number of rotatable bonds is 2. The summed E-state index contributed by atoms with van der Waals surface area (Å²) in [6.45, 7) is 0.396. The van der Waals surface area contributed by atoms with Crippen LogP contribution in [0.4, 0.5) is 13.2 Å². The highest BCUT2D eigenvalue weighted by Crippen LogP contribution is 2.44. The summed E-state index contributed by atoms with van der Waals surface area (Å²) in [6, 6.07) is 3.84. The van der Waals surface area contributed by atoms with E-state index in [2.05, 4.69) is 15.9 Å². The Morgan fingerprint density at radius 3 is 2.33 bits per heavy atom. The molecule has 0 heterocycles. The van der Waals surface area contributed by atoms with Crippen LogP contribution in [0.15, 0.2) is 22.7 Å². The summed E-state index contributed by atoms with van der Waals surface area (Å²) in [6.07, 6.45) is -0.517. The fraction of sp³-hybridized carbons (Fsp3) is 0.538. The third kappa shape index (κ3) is 2.43. The number of halogens is 4. The highest BCUT2D eigenvalue weighted by atomic mass is 79.9. The molecule has 0 saturated heterocycles.